The zero-order chi connectivity index (χ0) is 15.8. The molecule has 3 aliphatic rings. The van der Waals surface area contributed by atoms with E-state index in [4.69, 9.17) is 4.74 Å². The third-order valence-electron chi connectivity index (χ3n) is 4.68. The first-order chi connectivity index (χ1) is 11.2. The predicted octanol–water partition coefficient (Wildman–Crippen LogP) is 0.694. The molecule has 2 N–H and O–H groups in total. The highest BCUT2D eigenvalue weighted by atomic mass is 16.5. The summed E-state index contributed by atoms with van der Waals surface area (Å²) < 4.78 is 5.93. The lowest BCUT2D eigenvalue weighted by Crippen LogP contribution is -2.51. The molecular formula is C16H20N4O3. The number of anilines is 2. The van der Waals surface area contributed by atoms with Gasteiger partial charge in [0.05, 0.1) is 12.3 Å². The first-order valence-electron chi connectivity index (χ1n) is 8.08. The molecule has 122 valence electrons. The number of hydrogen-bond acceptors (Lipinski definition) is 5. The molecule has 3 heterocycles. The Bertz CT molecular complexity index is 648. The van der Waals surface area contributed by atoms with E-state index in [1.165, 1.54) is 0 Å². The standard InChI is InChI=1S/C16H20N4O3/c21-15-3-6-20(16(22)18-15)11-1-2-13-14(9-11)23-8-4-12-10-17-5-7-19(12)13/h1-2,9,12,17H,3-8,10H2,(H,18,21,22)/t12-/m0/s1. The second-order valence-corrected chi connectivity index (χ2v) is 6.10. The van der Waals surface area contributed by atoms with Crippen molar-refractivity contribution >= 4 is 23.3 Å². The number of amides is 3. The highest BCUT2D eigenvalue weighted by Crippen LogP contribution is 2.37. The molecule has 23 heavy (non-hydrogen) atoms. The van der Waals surface area contributed by atoms with Crippen molar-refractivity contribution in [1.29, 1.82) is 0 Å². The number of nitrogens with one attached hydrogen (secondary N) is 2. The van der Waals surface area contributed by atoms with Crippen LogP contribution in [-0.2, 0) is 4.79 Å². The van der Waals surface area contributed by atoms with Crippen LogP contribution in [-0.4, -0.2) is 50.8 Å². The molecule has 4 rings (SSSR count). The third-order valence-corrected chi connectivity index (χ3v) is 4.68. The summed E-state index contributed by atoms with van der Waals surface area (Å²) in [5, 5.41) is 5.78. The molecule has 7 heteroatoms. The van der Waals surface area contributed by atoms with Crippen molar-refractivity contribution in [3.8, 4) is 5.75 Å². The number of carbonyl (C=O) groups is 2. The van der Waals surface area contributed by atoms with E-state index in [2.05, 4.69) is 15.5 Å². The Balaban J connectivity index is 1.64. The zero-order valence-corrected chi connectivity index (χ0v) is 12.9. The minimum atomic E-state index is -0.366. The van der Waals surface area contributed by atoms with Gasteiger partial charge >= 0.3 is 6.03 Å². The van der Waals surface area contributed by atoms with E-state index in [1.54, 1.807) is 4.90 Å². The monoisotopic (exact) mass is 316 g/mol. The van der Waals surface area contributed by atoms with Crippen LogP contribution >= 0.6 is 0 Å². The molecular weight excluding hydrogens is 296 g/mol. The Labute approximate surface area is 134 Å². The fraction of sp³-hybridized carbons (Fsp3) is 0.500. The van der Waals surface area contributed by atoms with Crippen LogP contribution in [0.5, 0.6) is 5.75 Å². The van der Waals surface area contributed by atoms with Gasteiger partial charge in [-0.1, -0.05) is 0 Å². The van der Waals surface area contributed by atoms with Crippen molar-refractivity contribution in [2.24, 2.45) is 0 Å². The van der Waals surface area contributed by atoms with Gasteiger partial charge in [-0.15, -0.1) is 0 Å². The molecule has 0 bridgehead atoms. The average molecular weight is 316 g/mol. The Morgan fingerprint density at radius 1 is 1.22 bits per heavy atom. The first-order valence-corrected chi connectivity index (χ1v) is 8.08. The second-order valence-electron chi connectivity index (χ2n) is 6.10. The summed E-state index contributed by atoms with van der Waals surface area (Å²) in [6.07, 6.45) is 1.30. The summed E-state index contributed by atoms with van der Waals surface area (Å²) in [5.41, 5.74) is 1.86. The fourth-order valence-electron chi connectivity index (χ4n) is 3.48. The maximum atomic E-state index is 12.0. The maximum absolute atomic E-state index is 12.0. The van der Waals surface area contributed by atoms with Gasteiger partial charge in [0, 0.05) is 56.8 Å². The topological polar surface area (TPSA) is 73.9 Å². The molecule has 1 aromatic carbocycles. The summed E-state index contributed by atoms with van der Waals surface area (Å²) in [7, 11) is 0. The quantitative estimate of drug-likeness (QED) is 0.797. The number of carbonyl (C=O) groups excluding carboxylic acids is 2. The van der Waals surface area contributed by atoms with Gasteiger partial charge in [0.1, 0.15) is 5.75 Å². The first kappa shape index (κ1) is 14.3. The largest absolute Gasteiger partial charge is 0.491 e. The van der Waals surface area contributed by atoms with Gasteiger partial charge in [-0.05, 0) is 12.1 Å². The lowest BCUT2D eigenvalue weighted by atomic mass is 10.1. The second kappa shape index (κ2) is 5.73. The Hall–Kier alpha value is -2.28. The fourth-order valence-corrected chi connectivity index (χ4v) is 3.48. The van der Waals surface area contributed by atoms with Gasteiger partial charge < -0.3 is 15.0 Å². The highest BCUT2D eigenvalue weighted by molar-refractivity contribution is 6.05. The lowest BCUT2D eigenvalue weighted by molar-refractivity contribution is -0.120. The average Bonchev–Trinajstić information content (AvgIpc) is 2.73. The minimum Gasteiger partial charge on any atom is -0.491 e. The summed E-state index contributed by atoms with van der Waals surface area (Å²) in [6.45, 7) is 3.97. The number of ether oxygens (including phenoxy) is 1. The minimum absolute atomic E-state index is 0.221. The number of fused-ring (bicyclic) bond motifs is 3. The summed E-state index contributed by atoms with van der Waals surface area (Å²) >= 11 is 0. The molecule has 7 nitrogen and oxygen atoms in total. The van der Waals surface area contributed by atoms with Crippen molar-refractivity contribution in [3.05, 3.63) is 18.2 Å². The van der Waals surface area contributed by atoms with Crippen LogP contribution in [0.3, 0.4) is 0 Å². The molecule has 0 spiro atoms. The molecule has 0 aliphatic carbocycles. The number of benzene rings is 1. The SMILES string of the molecule is O=C1CCN(c2ccc3c(c2)OCC[C@H]2CNCCN32)C(=O)N1. The van der Waals surface area contributed by atoms with E-state index in [-0.39, 0.29) is 11.9 Å². The van der Waals surface area contributed by atoms with Crippen molar-refractivity contribution in [2.45, 2.75) is 18.9 Å². The summed E-state index contributed by atoms with van der Waals surface area (Å²) in [4.78, 5) is 27.3. The van der Waals surface area contributed by atoms with E-state index in [1.807, 2.05) is 18.2 Å². The molecule has 0 unspecified atom stereocenters. The molecule has 2 fully saturated rings. The van der Waals surface area contributed by atoms with E-state index < -0.39 is 0 Å². The maximum Gasteiger partial charge on any atom is 0.328 e. The number of nitrogens with zero attached hydrogens (tertiary/aromatic N) is 2. The van der Waals surface area contributed by atoms with E-state index in [0.717, 1.165) is 43.2 Å². The normalized spacial score (nSPS) is 24.3. The molecule has 1 atom stereocenters. The lowest BCUT2D eigenvalue weighted by Gasteiger charge is -2.36. The Morgan fingerprint density at radius 2 is 2.13 bits per heavy atom. The highest BCUT2D eigenvalue weighted by Gasteiger charge is 2.29. The van der Waals surface area contributed by atoms with Crippen molar-refractivity contribution < 1.29 is 14.3 Å². The van der Waals surface area contributed by atoms with Crippen LogP contribution in [0.1, 0.15) is 12.8 Å². The molecule has 0 radical (unpaired) electrons. The van der Waals surface area contributed by atoms with Crippen molar-refractivity contribution in [3.63, 3.8) is 0 Å². The van der Waals surface area contributed by atoms with Gasteiger partial charge in [-0.3, -0.25) is 15.0 Å². The van der Waals surface area contributed by atoms with Gasteiger partial charge in [0.25, 0.3) is 0 Å². The number of rotatable bonds is 1. The van der Waals surface area contributed by atoms with Crippen molar-refractivity contribution in [2.75, 3.05) is 42.6 Å². The van der Waals surface area contributed by atoms with Gasteiger partial charge in [0.2, 0.25) is 5.91 Å². The van der Waals surface area contributed by atoms with E-state index in [0.29, 0.717) is 25.6 Å². The number of hydrogen-bond donors (Lipinski definition) is 2. The van der Waals surface area contributed by atoms with Gasteiger partial charge in [-0.25, -0.2) is 4.79 Å². The molecule has 0 aromatic heterocycles. The van der Waals surface area contributed by atoms with Crippen molar-refractivity contribution in [1.82, 2.24) is 10.6 Å². The van der Waals surface area contributed by atoms with Gasteiger partial charge in [0.15, 0.2) is 0 Å². The molecule has 3 aliphatic heterocycles. The molecule has 0 saturated carbocycles. The van der Waals surface area contributed by atoms with Crippen LogP contribution in [0.25, 0.3) is 0 Å². The molecule has 1 aromatic rings. The van der Waals surface area contributed by atoms with E-state index in [9.17, 15) is 9.59 Å². The number of urea groups is 1. The van der Waals surface area contributed by atoms with Crippen LogP contribution < -0.4 is 25.2 Å². The number of imide groups is 1. The zero-order valence-electron chi connectivity index (χ0n) is 12.9. The van der Waals surface area contributed by atoms with E-state index >= 15 is 0 Å². The Morgan fingerprint density at radius 3 is 3.00 bits per heavy atom. The van der Waals surface area contributed by atoms with Crippen LogP contribution in [0, 0.1) is 0 Å². The summed E-state index contributed by atoms with van der Waals surface area (Å²) in [6, 6.07) is 5.96. The Kier molecular flexibility index (Phi) is 3.57. The third kappa shape index (κ3) is 2.61. The van der Waals surface area contributed by atoms with Crippen LogP contribution in [0.15, 0.2) is 18.2 Å². The van der Waals surface area contributed by atoms with Crippen LogP contribution in [0.4, 0.5) is 16.2 Å². The van der Waals surface area contributed by atoms with Gasteiger partial charge in [-0.2, -0.15) is 0 Å². The molecule has 2 saturated heterocycles. The molecule has 3 amide bonds. The summed E-state index contributed by atoms with van der Waals surface area (Å²) in [5.74, 6) is 0.595. The number of piperazine rings is 1. The predicted molar refractivity (Wildman–Crippen MR) is 86.1 cm³/mol. The van der Waals surface area contributed by atoms with Crippen LogP contribution in [0.2, 0.25) is 0 Å². The smallest absolute Gasteiger partial charge is 0.328 e.